The van der Waals surface area contributed by atoms with Gasteiger partial charge in [-0.1, -0.05) is 30.3 Å². The average Bonchev–Trinajstić information content (AvgIpc) is 3.34. The molecule has 4 aromatic rings. The molecule has 0 aliphatic rings. The highest BCUT2D eigenvalue weighted by Crippen LogP contribution is 2.23. The molecule has 34 heavy (non-hydrogen) atoms. The molecule has 0 bridgehead atoms. The minimum absolute atomic E-state index is 0.0424. The summed E-state index contributed by atoms with van der Waals surface area (Å²) in [5.41, 5.74) is 4.94. The monoisotopic (exact) mass is 453 g/mol. The molecule has 2 aromatic heterocycles. The highest BCUT2D eigenvalue weighted by Gasteiger charge is 2.13. The van der Waals surface area contributed by atoms with E-state index in [1.54, 1.807) is 30.9 Å². The zero-order valence-corrected chi connectivity index (χ0v) is 18.8. The first-order chi connectivity index (χ1) is 16.5. The van der Waals surface area contributed by atoms with Gasteiger partial charge in [0.25, 0.3) is 5.56 Å². The van der Waals surface area contributed by atoms with E-state index in [4.69, 9.17) is 4.74 Å². The van der Waals surface area contributed by atoms with E-state index in [0.717, 1.165) is 16.9 Å². The molecule has 0 spiro atoms. The first-order valence-corrected chi connectivity index (χ1v) is 10.7. The Morgan fingerprint density at radius 1 is 1.26 bits per heavy atom. The fraction of sp³-hybridized carbons (Fsp3) is 0.160. The van der Waals surface area contributed by atoms with Gasteiger partial charge in [-0.15, -0.1) is 0 Å². The van der Waals surface area contributed by atoms with Gasteiger partial charge in [0.15, 0.2) is 0 Å². The van der Waals surface area contributed by atoms with Crippen molar-refractivity contribution in [3.05, 3.63) is 94.3 Å². The van der Waals surface area contributed by atoms with Crippen LogP contribution in [0.2, 0.25) is 0 Å². The third kappa shape index (κ3) is 5.37. The molecule has 2 N–H and O–H groups in total. The van der Waals surface area contributed by atoms with E-state index >= 15 is 0 Å². The number of hydrazone groups is 1. The number of aromatic amines is 1. The lowest BCUT2D eigenvalue weighted by atomic mass is 10.1. The maximum atomic E-state index is 12.4. The highest BCUT2D eigenvalue weighted by molar-refractivity contribution is 5.81. The van der Waals surface area contributed by atoms with Gasteiger partial charge in [-0.25, -0.2) is 15.4 Å². The van der Waals surface area contributed by atoms with Crippen LogP contribution >= 0.6 is 0 Å². The molecule has 0 amide bonds. The summed E-state index contributed by atoms with van der Waals surface area (Å²) in [6, 6.07) is 16.8. The number of nitrogens with zero attached hydrogens (tertiary/aromatic N) is 5. The van der Waals surface area contributed by atoms with E-state index in [2.05, 4.69) is 25.5 Å². The molecule has 4 rings (SSSR count). The van der Waals surface area contributed by atoms with Crippen LogP contribution in [0.1, 0.15) is 30.5 Å². The summed E-state index contributed by atoms with van der Waals surface area (Å²) in [7, 11) is 0. The Morgan fingerprint density at radius 2 is 2.09 bits per heavy atom. The number of anilines is 1. The number of ether oxygens (including phenoxy) is 1. The Bertz CT molecular complexity index is 1390. The van der Waals surface area contributed by atoms with Gasteiger partial charge in [-0.05, 0) is 37.6 Å². The second kappa shape index (κ2) is 10.3. The van der Waals surface area contributed by atoms with Gasteiger partial charge >= 0.3 is 0 Å². The number of imidazole rings is 1. The van der Waals surface area contributed by atoms with E-state index in [9.17, 15) is 10.1 Å². The zero-order chi connectivity index (χ0) is 23.9. The normalized spacial score (nSPS) is 11.0. The van der Waals surface area contributed by atoms with E-state index < -0.39 is 5.56 Å². The lowest BCUT2D eigenvalue weighted by Gasteiger charge is -2.15. The predicted molar refractivity (Wildman–Crippen MR) is 130 cm³/mol. The molecule has 0 atom stereocenters. The number of H-pyrrole nitrogens is 1. The summed E-state index contributed by atoms with van der Waals surface area (Å²) in [4.78, 5) is 23.4. The number of aromatic nitrogens is 4. The molecule has 0 aliphatic heterocycles. The van der Waals surface area contributed by atoms with Crippen molar-refractivity contribution in [3.8, 4) is 23.1 Å². The Balaban J connectivity index is 1.58. The van der Waals surface area contributed by atoms with Gasteiger partial charge in [0.2, 0.25) is 5.95 Å². The van der Waals surface area contributed by atoms with Crippen LogP contribution in [-0.2, 0) is 6.54 Å². The van der Waals surface area contributed by atoms with Gasteiger partial charge in [-0.3, -0.25) is 9.78 Å². The van der Waals surface area contributed by atoms with E-state index in [-0.39, 0.29) is 17.6 Å². The molecule has 170 valence electrons. The van der Waals surface area contributed by atoms with Crippen molar-refractivity contribution in [3.63, 3.8) is 0 Å². The van der Waals surface area contributed by atoms with Gasteiger partial charge < -0.3 is 9.30 Å². The lowest BCUT2D eigenvalue weighted by Crippen LogP contribution is -2.16. The molecule has 0 saturated carbocycles. The van der Waals surface area contributed by atoms with Crippen LogP contribution in [0.25, 0.3) is 11.3 Å². The van der Waals surface area contributed by atoms with Gasteiger partial charge in [0.1, 0.15) is 17.4 Å². The summed E-state index contributed by atoms with van der Waals surface area (Å²) in [5.74, 6) is 0.928. The Morgan fingerprint density at radius 3 is 2.79 bits per heavy atom. The van der Waals surface area contributed by atoms with Gasteiger partial charge in [0, 0.05) is 23.5 Å². The van der Waals surface area contributed by atoms with E-state index in [1.165, 1.54) is 0 Å². The molecule has 0 saturated heterocycles. The molecule has 2 heterocycles. The van der Waals surface area contributed by atoms with Crippen LogP contribution in [0.5, 0.6) is 5.75 Å². The first kappa shape index (κ1) is 22.5. The minimum Gasteiger partial charge on any atom is -0.491 e. The number of hydrogen-bond acceptors (Lipinski definition) is 7. The van der Waals surface area contributed by atoms with Crippen LogP contribution in [-0.4, -0.2) is 31.8 Å². The van der Waals surface area contributed by atoms with Crippen molar-refractivity contribution < 1.29 is 4.74 Å². The second-order valence-corrected chi connectivity index (χ2v) is 7.75. The van der Waals surface area contributed by atoms with Crippen LogP contribution in [0.15, 0.2) is 77.1 Å². The maximum Gasteiger partial charge on any atom is 0.270 e. The third-order valence-corrected chi connectivity index (χ3v) is 4.82. The molecule has 0 unspecified atom stereocenters. The number of benzene rings is 2. The molecule has 0 fully saturated rings. The van der Waals surface area contributed by atoms with Crippen molar-refractivity contribution in [1.29, 1.82) is 5.26 Å². The smallest absolute Gasteiger partial charge is 0.270 e. The Labute approximate surface area is 196 Å². The number of nitriles is 1. The van der Waals surface area contributed by atoms with Crippen LogP contribution in [0.4, 0.5) is 5.95 Å². The van der Waals surface area contributed by atoms with E-state index in [0.29, 0.717) is 17.8 Å². The Hall–Kier alpha value is -4.71. The fourth-order valence-electron chi connectivity index (χ4n) is 3.35. The summed E-state index contributed by atoms with van der Waals surface area (Å²) in [6.07, 6.45) is 7.03. The van der Waals surface area contributed by atoms with Gasteiger partial charge in [0.05, 0.1) is 30.9 Å². The van der Waals surface area contributed by atoms with Crippen molar-refractivity contribution >= 4 is 12.2 Å². The maximum absolute atomic E-state index is 12.4. The zero-order valence-electron chi connectivity index (χ0n) is 18.8. The Kier molecular flexibility index (Phi) is 6.79. The molecular weight excluding hydrogens is 430 g/mol. The predicted octanol–water partition coefficient (Wildman–Crippen LogP) is 3.79. The van der Waals surface area contributed by atoms with Crippen molar-refractivity contribution in [2.45, 2.75) is 26.5 Å². The summed E-state index contributed by atoms with van der Waals surface area (Å²) in [6.45, 7) is 4.56. The molecular formula is C25H23N7O2. The minimum atomic E-state index is -0.535. The largest absolute Gasteiger partial charge is 0.491 e. The fourth-order valence-corrected chi connectivity index (χ4v) is 3.35. The van der Waals surface area contributed by atoms with Crippen molar-refractivity contribution in [2.24, 2.45) is 5.10 Å². The average molecular weight is 454 g/mol. The second-order valence-electron chi connectivity index (χ2n) is 7.75. The summed E-state index contributed by atoms with van der Waals surface area (Å²) in [5, 5.41) is 13.6. The van der Waals surface area contributed by atoms with Gasteiger partial charge in [-0.2, -0.15) is 10.4 Å². The van der Waals surface area contributed by atoms with E-state index in [1.807, 2.05) is 67.1 Å². The molecule has 9 heteroatoms. The SMILES string of the molecule is CC(C)Oc1ccc(C=NNc2nc(-c3ccccc3)c(C#N)c(=O)[nH]2)cc1Cn1ccnc1. The quantitative estimate of drug-likeness (QED) is 0.309. The lowest BCUT2D eigenvalue weighted by molar-refractivity contribution is 0.239. The van der Waals surface area contributed by atoms with Crippen molar-refractivity contribution in [1.82, 2.24) is 19.5 Å². The summed E-state index contributed by atoms with van der Waals surface area (Å²) >= 11 is 0. The van der Waals surface area contributed by atoms with Crippen LogP contribution < -0.4 is 15.7 Å². The molecule has 2 aromatic carbocycles. The van der Waals surface area contributed by atoms with Crippen LogP contribution in [0, 0.1) is 11.3 Å². The van der Waals surface area contributed by atoms with Crippen LogP contribution in [0.3, 0.4) is 0 Å². The number of nitrogens with one attached hydrogen (secondary N) is 2. The molecule has 0 radical (unpaired) electrons. The third-order valence-electron chi connectivity index (χ3n) is 4.82. The standard InChI is InChI=1S/C25H23N7O2/c1-17(2)34-22-9-8-18(12-20(22)15-32-11-10-27-16-32)14-28-31-25-29-23(19-6-4-3-5-7-19)21(13-26)24(33)30-25/h3-12,14,16-17H,15H2,1-2H3,(H2,29,30,31,33). The first-order valence-electron chi connectivity index (χ1n) is 10.7. The molecule has 0 aliphatic carbocycles. The van der Waals surface area contributed by atoms with Crippen molar-refractivity contribution in [2.75, 3.05) is 5.43 Å². The topological polar surface area (TPSA) is 121 Å². The number of rotatable bonds is 8. The number of hydrogen-bond donors (Lipinski definition) is 2. The summed E-state index contributed by atoms with van der Waals surface area (Å²) < 4.78 is 7.90. The highest BCUT2D eigenvalue weighted by atomic mass is 16.5. The molecule has 9 nitrogen and oxygen atoms in total.